The third kappa shape index (κ3) is 2.44. The van der Waals surface area contributed by atoms with Crippen LogP contribution in [-0.4, -0.2) is 7.11 Å². The second kappa shape index (κ2) is 4.41. The van der Waals surface area contributed by atoms with Crippen LogP contribution >= 0.6 is 0 Å². The van der Waals surface area contributed by atoms with Crippen molar-refractivity contribution in [3.63, 3.8) is 0 Å². The highest BCUT2D eigenvalue weighted by molar-refractivity contribution is 5.40. The van der Waals surface area contributed by atoms with Crippen molar-refractivity contribution in [2.75, 3.05) is 7.11 Å². The molecule has 17 heavy (non-hydrogen) atoms. The summed E-state index contributed by atoms with van der Waals surface area (Å²) in [5.41, 5.74) is 2.38. The number of ether oxygens (including phenoxy) is 1. The van der Waals surface area contributed by atoms with Gasteiger partial charge in [0.25, 0.3) is 0 Å². The largest absolute Gasteiger partial charge is 0.496 e. The van der Waals surface area contributed by atoms with E-state index in [2.05, 4.69) is 32.0 Å². The minimum absolute atomic E-state index is 0.108. The van der Waals surface area contributed by atoms with Crippen LogP contribution in [0.25, 0.3) is 0 Å². The summed E-state index contributed by atoms with van der Waals surface area (Å²) < 4.78 is 5.39. The zero-order valence-electron chi connectivity index (χ0n) is 10.8. The summed E-state index contributed by atoms with van der Waals surface area (Å²) in [6.45, 7) is 4.37. The van der Waals surface area contributed by atoms with E-state index in [0.29, 0.717) is 5.92 Å². The molecule has 0 atom stereocenters. The van der Waals surface area contributed by atoms with Gasteiger partial charge in [-0.15, -0.1) is 0 Å². The van der Waals surface area contributed by atoms with Gasteiger partial charge in [-0.1, -0.05) is 26.0 Å². The fraction of sp³-hybridized carbons (Fsp3) is 0.533. The van der Waals surface area contributed by atoms with E-state index in [0.717, 1.165) is 25.0 Å². The van der Waals surface area contributed by atoms with Crippen LogP contribution < -0.4 is 4.74 Å². The Balaban J connectivity index is 2.30. The lowest BCUT2D eigenvalue weighted by atomic mass is 9.93. The van der Waals surface area contributed by atoms with E-state index >= 15 is 0 Å². The molecule has 0 heterocycles. The van der Waals surface area contributed by atoms with Crippen molar-refractivity contribution in [1.29, 1.82) is 5.26 Å². The predicted octanol–water partition coefficient (Wildman–Crippen LogP) is 3.66. The van der Waals surface area contributed by atoms with Crippen molar-refractivity contribution < 1.29 is 4.74 Å². The van der Waals surface area contributed by atoms with Crippen molar-refractivity contribution in [3.8, 4) is 11.8 Å². The molecule has 1 aromatic rings. The van der Waals surface area contributed by atoms with Crippen molar-refractivity contribution in [2.45, 2.75) is 39.0 Å². The molecule has 1 aliphatic carbocycles. The standard InChI is InChI=1S/C15H19NO/c1-11(2)12-4-5-14(17-3)13(8-12)9-15(10-16)6-7-15/h4-5,8,11H,6-7,9H2,1-3H3. The van der Waals surface area contributed by atoms with Gasteiger partial charge in [-0.25, -0.2) is 0 Å². The molecule has 0 bridgehead atoms. The lowest BCUT2D eigenvalue weighted by Gasteiger charge is -2.14. The molecule has 1 fully saturated rings. The fourth-order valence-corrected chi connectivity index (χ4v) is 2.14. The molecule has 90 valence electrons. The van der Waals surface area contributed by atoms with Gasteiger partial charge >= 0.3 is 0 Å². The molecule has 0 saturated heterocycles. The van der Waals surface area contributed by atoms with Gasteiger partial charge in [-0.05, 0) is 42.4 Å². The van der Waals surface area contributed by atoms with Gasteiger partial charge in [0, 0.05) is 0 Å². The Labute approximate surface area is 103 Å². The second-order valence-corrected chi connectivity index (χ2v) is 5.29. The van der Waals surface area contributed by atoms with E-state index in [1.54, 1.807) is 7.11 Å². The predicted molar refractivity (Wildman–Crippen MR) is 68.1 cm³/mol. The molecule has 2 rings (SSSR count). The molecular weight excluding hydrogens is 210 g/mol. The molecule has 0 radical (unpaired) electrons. The Morgan fingerprint density at radius 1 is 1.41 bits per heavy atom. The van der Waals surface area contributed by atoms with E-state index < -0.39 is 0 Å². The molecule has 0 spiro atoms. The van der Waals surface area contributed by atoms with E-state index in [-0.39, 0.29) is 5.41 Å². The van der Waals surface area contributed by atoms with Crippen LogP contribution in [0.15, 0.2) is 18.2 Å². The van der Waals surface area contributed by atoms with Crippen LogP contribution in [0.3, 0.4) is 0 Å². The molecule has 1 saturated carbocycles. The number of benzene rings is 1. The maximum atomic E-state index is 9.17. The molecule has 0 aromatic heterocycles. The van der Waals surface area contributed by atoms with Gasteiger partial charge in [0.15, 0.2) is 0 Å². The van der Waals surface area contributed by atoms with Crippen LogP contribution in [0.5, 0.6) is 5.75 Å². The van der Waals surface area contributed by atoms with E-state index in [1.807, 2.05) is 6.07 Å². The second-order valence-electron chi connectivity index (χ2n) is 5.29. The fourth-order valence-electron chi connectivity index (χ4n) is 2.14. The third-order valence-corrected chi connectivity index (χ3v) is 3.59. The van der Waals surface area contributed by atoms with E-state index in [4.69, 9.17) is 10.00 Å². The van der Waals surface area contributed by atoms with Crippen LogP contribution in [0, 0.1) is 16.7 Å². The number of hydrogen-bond acceptors (Lipinski definition) is 2. The van der Waals surface area contributed by atoms with Gasteiger partial charge < -0.3 is 4.74 Å². The SMILES string of the molecule is COc1ccc(C(C)C)cc1CC1(C#N)CC1. The first-order valence-corrected chi connectivity index (χ1v) is 6.18. The first kappa shape index (κ1) is 12.0. The first-order valence-electron chi connectivity index (χ1n) is 6.18. The van der Waals surface area contributed by atoms with Crippen LogP contribution in [0.1, 0.15) is 43.7 Å². The zero-order chi connectivity index (χ0) is 12.5. The smallest absolute Gasteiger partial charge is 0.122 e. The maximum absolute atomic E-state index is 9.17. The Morgan fingerprint density at radius 3 is 2.59 bits per heavy atom. The van der Waals surface area contributed by atoms with Gasteiger partial charge in [0.05, 0.1) is 18.6 Å². The average Bonchev–Trinajstić information content (AvgIpc) is 3.09. The van der Waals surface area contributed by atoms with Crippen LogP contribution in [-0.2, 0) is 6.42 Å². The Bertz CT molecular complexity index is 452. The molecule has 1 aliphatic rings. The Hall–Kier alpha value is -1.49. The zero-order valence-corrected chi connectivity index (χ0v) is 10.8. The van der Waals surface area contributed by atoms with Crippen LogP contribution in [0.2, 0.25) is 0 Å². The van der Waals surface area contributed by atoms with Gasteiger partial charge in [0.1, 0.15) is 5.75 Å². The summed E-state index contributed by atoms with van der Waals surface area (Å²) in [5.74, 6) is 1.42. The van der Waals surface area contributed by atoms with Gasteiger partial charge in [-0.3, -0.25) is 0 Å². The minimum atomic E-state index is -0.108. The van der Waals surface area contributed by atoms with Crippen molar-refractivity contribution in [2.24, 2.45) is 5.41 Å². The summed E-state index contributed by atoms with van der Waals surface area (Å²) in [5, 5.41) is 9.17. The number of methoxy groups -OCH3 is 1. The molecular formula is C15H19NO. The van der Waals surface area contributed by atoms with Gasteiger partial charge in [0.2, 0.25) is 0 Å². The summed E-state index contributed by atoms with van der Waals surface area (Å²) in [6.07, 6.45) is 2.88. The highest BCUT2D eigenvalue weighted by atomic mass is 16.5. The van der Waals surface area contributed by atoms with E-state index in [9.17, 15) is 0 Å². The van der Waals surface area contributed by atoms with Crippen LogP contribution in [0.4, 0.5) is 0 Å². The normalized spacial score (nSPS) is 16.6. The average molecular weight is 229 g/mol. The molecule has 0 amide bonds. The number of hydrogen-bond donors (Lipinski definition) is 0. The molecule has 0 aliphatic heterocycles. The minimum Gasteiger partial charge on any atom is -0.496 e. The lowest BCUT2D eigenvalue weighted by Crippen LogP contribution is -2.04. The Morgan fingerprint density at radius 2 is 2.12 bits per heavy atom. The lowest BCUT2D eigenvalue weighted by molar-refractivity contribution is 0.406. The molecule has 0 unspecified atom stereocenters. The molecule has 2 heteroatoms. The third-order valence-electron chi connectivity index (χ3n) is 3.59. The summed E-state index contributed by atoms with van der Waals surface area (Å²) in [7, 11) is 1.69. The highest BCUT2D eigenvalue weighted by Gasteiger charge is 2.43. The summed E-state index contributed by atoms with van der Waals surface area (Å²) in [4.78, 5) is 0. The summed E-state index contributed by atoms with van der Waals surface area (Å²) in [6, 6.07) is 8.78. The number of nitriles is 1. The van der Waals surface area contributed by atoms with Crippen molar-refractivity contribution in [1.82, 2.24) is 0 Å². The molecule has 2 nitrogen and oxygen atoms in total. The Kier molecular flexibility index (Phi) is 3.11. The highest BCUT2D eigenvalue weighted by Crippen LogP contribution is 2.48. The van der Waals surface area contributed by atoms with Crippen molar-refractivity contribution >= 4 is 0 Å². The molecule has 1 aromatic carbocycles. The summed E-state index contributed by atoms with van der Waals surface area (Å²) >= 11 is 0. The van der Waals surface area contributed by atoms with E-state index in [1.165, 1.54) is 11.1 Å². The first-order chi connectivity index (χ1) is 8.10. The van der Waals surface area contributed by atoms with Crippen molar-refractivity contribution in [3.05, 3.63) is 29.3 Å². The topological polar surface area (TPSA) is 33.0 Å². The number of nitrogens with zero attached hydrogens (tertiary/aromatic N) is 1. The number of rotatable bonds is 4. The quantitative estimate of drug-likeness (QED) is 0.789. The maximum Gasteiger partial charge on any atom is 0.122 e. The molecule has 0 N–H and O–H groups in total. The van der Waals surface area contributed by atoms with Gasteiger partial charge in [-0.2, -0.15) is 5.26 Å². The monoisotopic (exact) mass is 229 g/mol.